The van der Waals surface area contributed by atoms with E-state index in [-0.39, 0.29) is 24.6 Å². The van der Waals surface area contributed by atoms with E-state index in [9.17, 15) is 14.0 Å². The van der Waals surface area contributed by atoms with Crippen molar-refractivity contribution < 1.29 is 23.5 Å². The van der Waals surface area contributed by atoms with Gasteiger partial charge in [0, 0.05) is 0 Å². The van der Waals surface area contributed by atoms with Gasteiger partial charge in [0.15, 0.2) is 18.3 Å². The molecule has 5 nitrogen and oxygen atoms in total. The lowest BCUT2D eigenvalue weighted by atomic mass is 9.98. The van der Waals surface area contributed by atoms with Crippen LogP contribution < -0.4 is 4.74 Å². The predicted molar refractivity (Wildman–Crippen MR) is 73.2 cm³/mol. The molecule has 0 bridgehead atoms. The molecule has 1 aliphatic heterocycles. The van der Waals surface area contributed by atoms with Crippen molar-refractivity contribution in [2.75, 3.05) is 13.8 Å². The number of benzene rings is 1. The normalized spacial score (nSPS) is 14.1. The fourth-order valence-electron chi connectivity index (χ4n) is 2.01. The van der Waals surface area contributed by atoms with Crippen molar-refractivity contribution in [2.24, 2.45) is 5.41 Å². The first-order valence-corrected chi connectivity index (χ1v) is 6.57. The van der Waals surface area contributed by atoms with Crippen LogP contribution >= 0.6 is 0 Å². The summed E-state index contributed by atoms with van der Waals surface area (Å²) in [7, 11) is 1.34. The van der Waals surface area contributed by atoms with Crippen LogP contribution in [-0.2, 0) is 16.1 Å². The van der Waals surface area contributed by atoms with E-state index < -0.39 is 23.1 Å². The molecule has 0 atom stereocenters. The molecule has 0 radical (unpaired) electrons. The molecule has 1 aliphatic rings. The Kier molecular flexibility index (Phi) is 3.89. The van der Waals surface area contributed by atoms with Gasteiger partial charge < -0.3 is 14.4 Å². The number of nitrogens with zero attached hydrogens (tertiary/aromatic N) is 1. The van der Waals surface area contributed by atoms with Gasteiger partial charge in [-0.05, 0) is 32.4 Å². The molecule has 0 spiro atoms. The Morgan fingerprint density at radius 1 is 1.38 bits per heavy atom. The highest BCUT2D eigenvalue weighted by atomic mass is 19.1. The van der Waals surface area contributed by atoms with E-state index in [1.807, 2.05) is 0 Å². The zero-order valence-corrected chi connectivity index (χ0v) is 12.5. The molecule has 0 saturated carbocycles. The maximum absolute atomic E-state index is 14.1. The van der Waals surface area contributed by atoms with Gasteiger partial charge in [-0.2, -0.15) is 0 Å². The van der Waals surface area contributed by atoms with E-state index in [1.54, 1.807) is 26.8 Å². The van der Waals surface area contributed by atoms with Crippen LogP contribution in [0.4, 0.5) is 4.39 Å². The summed E-state index contributed by atoms with van der Waals surface area (Å²) in [6, 6.07) is 3.12. The minimum absolute atomic E-state index is 0.0128. The molecule has 114 valence electrons. The lowest BCUT2D eigenvalue weighted by molar-refractivity contribution is -0.156. The number of methoxy groups -OCH3 is 1. The number of rotatable bonds is 3. The van der Waals surface area contributed by atoms with Gasteiger partial charge in [0.1, 0.15) is 0 Å². The number of halogens is 1. The van der Waals surface area contributed by atoms with Gasteiger partial charge in [0.25, 0.3) is 5.91 Å². The largest absolute Gasteiger partial charge is 0.494 e. The van der Waals surface area contributed by atoms with Gasteiger partial charge in [-0.15, -0.1) is 0 Å². The van der Waals surface area contributed by atoms with Crippen molar-refractivity contribution in [2.45, 2.75) is 27.3 Å². The van der Waals surface area contributed by atoms with Crippen LogP contribution in [0.1, 0.15) is 36.7 Å². The van der Waals surface area contributed by atoms with Crippen LogP contribution in [-0.4, -0.2) is 30.6 Å². The molecule has 1 amide bonds. The molecule has 1 heterocycles. The third-order valence-corrected chi connectivity index (χ3v) is 3.24. The summed E-state index contributed by atoms with van der Waals surface area (Å²) in [6.45, 7) is 5.19. The smallest absolute Gasteiger partial charge is 0.312 e. The van der Waals surface area contributed by atoms with E-state index in [1.165, 1.54) is 18.1 Å². The van der Waals surface area contributed by atoms with Crippen molar-refractivity contribution >= 4 is 11.9 Å². The van der Waals surface area contributed by atoms with Crippen LogP contribution in [0.15, 0.2) is 12.1 Å². The summed E-state index contributed by atoms with van der Waals surface area (Å²) in [5.41, 5.74) is -0.101. The first-order valence-electron chi connectivity index (χ1n) is 6.57. The molecule has 0 aliphatic carbocycles. The Morgan fingerprint density at radius 3 is 2.62 bits per heavy atom. The maximum Gasteiger partial charge on any atom is 0.312 e. The highest BCUT2D eigenvalue weighted by Crippen LogP contribution is 2.30. The van der Waals surface area contributed by atoms with E-state index in [2.05, 4.69) is 0 Å². The van der Waals surface area contributed by atoms with Crippen molar-refractivity contribution in [3.05, 3.63) is 29.1 Å². The number of amides is 1. The lowest BCUT2D eigenvalue weighted by Gasteiger charge is -2.20. The summed E-state index contributed by atoms with van der Waals surface area (Å²) in [6.07, 6.45) is 0. The lowest BCUT2D eigenvalue weighted by Crippen LogP contribution is -2.32. The quantitative estimate of drug-likeness (QED) is 0.803. The molecule has 0 N–H and O–H groups in total. The Labute approximate surface area is 122 Å². The van der Waals surface area contributed by atoms with Crippen molar-refractivity contribution in [1.82, 2.24) is 4.90 Å². The number of ether oxygens (including phenoxy) is 2. The molecule has 1 aromatic rings. The van der Waals surface area contributed by atoms with Crippen LogP contribution in [0.2, 0.25) is 0 Å². The molecular formula is C15H18FNO4. The highest BCUT2D eigenvalue weighted by molar-refractivity contribution is 5.99. The standard InChI is InChI=1S/C15H18FNO4/c1-15(2,3)14(19)21-8-17-7-9-5-6-10(20-4)12(16)11(9)13(17)18/h5-6H,7-8H2,1-4H3. The molecular weight excluding hydrogens is 277 g/mol. The fourth-order valence-corrected chi connectivity index (χ4v) is 2.01. The van der Waals surface area contributed by atoms with Crippen LogP contribution in [0.25, 0.3) is 0 Å². The first-order chi connectivity index (χ1) is 9.75. The van der Waals surface area contributed by atoms with E-state index >= 15 is 0 Å². The van der Waals surface area contributed by atoms with Crippen molar-refractivity contribution in [1.29, 1.82) is 0 Å². The molecule has 0 fully saturated rings. The van der Waals surface area contributed by atoms with Gasteiger partial charge in [0.2, 0.25) is 0 Å². The third kappa shape index (κ3) is 2.84. The van der Waals surface area contributed by atoms with E-state index in [0.717, 1.165) is 0 Å². The predicted octanol–water partition coefficient (Wildman–Crippen LogP) is 2.34. The van der Waals surface area contributed by atoms with Crippen LogP contribution in [0, 0.1) is 11.2 Å². The van der Waals surface area contributed by atoms with Crippen molar-refractivity contribution in [3.63, 3.8) is 0 Å². The topological polar surface area (TPSA) is 55.8 Å². The molecule has 2 rings (SSSR count). The monoisotopic (exact) mass is 295 g/mol. The summed E-state index contributed by atoms with van der Waals surface area (Å²) in [5, 5.41) is 0. The number of carbonyl (C=O) groups is 2. The third-order valence-electron chi connectivity index (χ3n) is 3.24. The fraction of sp³-hybridized carbons (Fsp3) is 0.467. The average molecular weight is 295 g/mol. The van der Waals surface area contributed by atoms with E-state index in [0.29, 0.717) is 5.56 Å². The average Bonchev–Trinajstić information content (AvgIpc) is 2.73. The Hall–Kier alpha value is -2.11. The molecule has 6 heteroatoms. The molecule has 0 saturated heterocycles. The Morgan fingerprint density at radius 2 is 2.05 bits per heavy atom. The summed E-state index contributed by atoms with van der Waals surface area (Å²) < 4.78 is 24.1. The summed E-state index contributed by atoms with van der Waals surface area (Å²) >= 11 is 0. The molecule has 21 heavy (non-hydrogen) atoms. The number of hydrogen-bond acceptors (Lipinski definition) is 4. The molecule has 1 aromatic carbocycles. The number of esters is 1. The van der Waals surface area contributed by atoms with Gasteiger partial charge in [0.05, 0.1) is 24.6 Å². The first kappa shape index (κ1) is 15.3. The second-order valence-corrected chi connectivity index (χ2v) is 5.93. The van der Waals surface area contributed by atoms with Gasteiger partial charge in [-0.25, -0.2) is 4.39 Å². The second kappa shape index (κ2) is 5.35. The number of hydrogen-bond donors (Lipinski definition) is 0. The zero-order chi connectivity index (χ0) is 15.8. The molecule has 0 aromatic heterocycles. The second-order valence-electron chi connectivity index (χ2n) is 5.93. The molecule has 0 unspecified atom stereocenters. The summed E-state index contributed by atoms with van der Waals surface area (Å²) in [5.74, 6) is -1.56. The Bertz CT molecular complexity index is 592. The minimum atomic E-state index is -0.676. The van der Waals surface area contributed by atoms with Gasteiger partial charge >= 0.3 is 5.97 Å². The number of fused-ring (bicyclic) bond motifs is 1. The minimum Gasteiger partial charge on any atom is -0.494 e. The van der Waals surface area contributed by atoms with Crippen molar-refractivity contribution in [3.8, 4) is 5.75 Å². The van der Waals surface area contributed by atoms with Gasteiger partial charge in [-0.1, -0.05) is 6.07 Å². The summed E-state index contributed by atoms with van der Waals surface area (Å²) in [4.78, 5) is 25.2. The van der Waals surface area contributed by atoms with Crippen LogP contribution in [0.3, 0.4) is 0 Å². The SMILES string of the molecule is COc1ccc2c(c1F)C(=O)N(COC(=O)C(C)(C)C)C2. The maximum atomic E-state index is 14.1. The highest BCUT2D eigenvalue weighted by Gasteiger charge is 2.33. The number of carbonyl (C=O) groups excluding carboxylic acids is 2. The Balaban J connectivity index is 2.13. The van der Waals surface area contributed by atoms with Crippen LogP contribution in [0.5, 0.6) is 5.75 Å². The van der Waals surface area contributed by atoms with E-state index in [4.69, 9.17) is 9.47 Å². The zero-order valence-electron chi connectivity index (χ0n) is 12.5. The van der Waals surface area contributed by atoms with Gasteiger partial charge in [-0.3, -0.25) is 9.59 Å².